The first-order valence-electron chi connectivity index (χ1n) is 11.1. The van der Waals surface area contributed by atoms with Crippen molar-refractivity contribution < 1.29 is 26.0 Å². The number of amides is 1. The van der Waals surface area contributed by atoms with Gasteiger partial charge in [0.2, 0.25) is 5.91 Å². The van der Waals surface area contributed by atoms with Gasteiger partial charge in [0.25, 0.3) is 20.0 Å². The van der Waals surface area contributed by atoms with Crippen LogP contribution in [0.2, 0.25) is 5.02 Å². The molecule has 0 saturated carbocycles. The summed E-state index contributed by atoms with van der Waals surface area (Å²) >= 11 is 5.82. The number of carbonyl (C=O) groups is 1. The Hall–Kier alpha value is -3.93. The molecule has 4 rings (SSSR count). The molecule has 1 amide bonds. The van der Waals surface area contributed by atoms with Crippen molar-refractivity contribution in [2.45, 2.75) is 9.79 Å². The Labute approximate surface area is 224 Å². The molecule has 0 aliphatic carbocycles. The Morgan fingerprint density at radius 2 is 1.32 bits per heavy atom. The molecule has 0 aromatic heterocycles. The third-order valence-electron chi connectivity index (χ3n) is 5.28. The van der Waals surface area contributed by atoms with E-state index in [1.54, 1.807) is 30.3 Å². The molecule has 4 aromatic rings. The van der Waals surface area contributed by atoms with E-state index in [1.807, 2.05) is 0 Å². The molecule has 0 heterocycles. The molecule has 38 heavy (non-hydrogen) atoms. The molecule has 0 radical (unpaired) electrons. The van der Waals surface area contributed by atoms with Crippen LogP contribution in [-0.4, -0.2) is 29.3 Å². The Bertz CT molecular complexity index is 1630. The molecule has 0 fully saturated rings. The van der Waals surface area contributed by atoms with Crippen molar-refractivity contribution in [3.8, 4) is 0 Å². The number of carbonyl (C=O) groups excluding carboxylic acids is 1. The van der Waals surface area contributed by atoms with Crippen LogP contribution < -0.4 is 14.3 Å². The zero-order valence-corrected chi connectivity index (χ0v) is 22.0. The van der Waals surface area contributed by atoms with Crippen LogP contribution in [-0.2, 0) is 24.8 Å². The Balaban J connectivity index is 1.51. The largest absolute Gasteiger partial charge is 0.325 e. The van der Waals surface area contributed by atoms with Gasteiger partial charge in [-0.3, -0.25) is 13.8 Å². The molecule has 4 aromatic carbocycles. The zero-order chi connectivity index (χ0) is 27.3. The Morgan fingerprint density at radius 1 is 0.737 bits per heavy atom. The molecule has 0 spiro atoms. The minimum absolute atomic E-state index is 0.0418. The van der Waals surface area contributed by atoms with Crippen molar-refractivity contribution in [2.75, 3.05) is 20.9 Å². The summed E-state index contributed by atoms with van der Waals surface area (Å²) in [5, 5.41) is 3.02. The van der Waals surface area contributed by atoms with Gasteiger partial charge in [0.15, 0.2) is 0 Å². The summed E-state index contributed by atoms with van der Waals surface area (Å²) < 4.78 is 68.7. The van der Waals surface area contributed by atoms with E-state index in [9.17, 15) is 26.0 Å². The minimum atomic E-state index is -4.16. The van der Waals surface area contributed by atoms with Crippen LogP contribution in [0.3, 0.4) is 0 Å². The summed E-state index contributed by atoms with van der Waals surface area (Å²) in [5.41, 5.74) is 0.670. The van der Waals surface area contributed by atoms with E-state index in [1.165, 1.54) is 60.7 Å². The lowest BCUT2D eigenvalue weighted by Gasteiger charge is -2.24. The van der Waals surface area contributed by atoms with Crippen LogP contribution in [0.4, 0.5) is 21.5 Å². The minimum Gasteiger partial charge on any atom is -0.325 e. The molecule has 2 N–H and O–H groups in total. The van der Waals surface area contributed by atoms with Crippen molar-refractivity contribution in [3.05, 3.63) is 114 Å². The van der Waals surface area contributed by atoms with Gasteiger partial charge in [0.05, 0.1) is 15.5 Å². The average molecular weight is 574 g/mol. The maximum Gasteiger partial charge on any atom is 0.264 e. The number of benzene rings is 4. The third-order valence-corrected chi connectivity index (χ3v) is 8.72. The smallest absolute Gasteiger partial charge is 0.264 e. The molecule has 0 atom stereocenters. The van der Waals surface area contributed by atoms with Crippen molar-refractivity contribution in [1.82, 2.24) is 0 Å². The normalized spacial score (nSPS) is 11.5. The molecular weight excluding hydrogens is 553 g/mol. The van der Waals surface area contributed by atoms with Crippen molar-refractivity contribution in [3.63, 3.8) is 0 Å². The first-order valence-corrected chi connectivity index (χ1v) is 14.4. The lowest BCUT2D eigenvalue weighted by Crippen LogP contribution is -2.38. The van der Waals surface area contributed by atoms with E-state index >= 15 is 0 Å². The van der Waals surface area contributed by atoms with E-state index in [4.69, 9.17) is 11.6 Å². The molecule has 0 aliphatic rings. The molecule has 0 aliphatic heterocycles. The highest BCUT2D eigenvalue weighted by atomic mass is 35.5. The predicted molar refractivity (Wildman–Crippen MR) is 145 cm³/mol. The second kappa shape index (κ2) is 11.2. The molecule has 12 heteroatoms. The van der Waals surface area contributed by atoms with Crippen LogP contribution in [0, 0.1) is 5.82 Å². The number of nitrogens with one attached hydrogen (secondary N) is 2. The van der Waals surface area contributed by atoms with Crippen molar-refractivity contribution in [2.24, 2.45) is 0 Å². The number of nitrogens with zero attached hydrogens (tertiary/aromatic N) is 1. The number of rotatable bonds is 9. The zero-order valence-electron chi connectivity index (χ0n) is 19.6. The van der Waals surface area contributed by atoms with Gasteiger partial charge in [0.1, 0.15) is 12.4 Å². The van der Waals surface area contributed by atoms with Gasteiger partial charge in [-0.25, -0.2) is 21.2 Å². The van der Waals surface area contributed by atoms with Gasteiger partial charge in [-0.05, 0) is 84.9 Å². The lowest BCUT2D eigenvalue weighted by molar-refractivity contribution is -0.114. The first-order chi connectivity index (χ1) is 18.0. The predicted octanol–water partition coefficient (Wildman–Crippen LogP) is 5.11. The van der Waals surface area contributed by atoms with Gasteiger partial charge in [-0.1, -0.05) is 29.8 Å². The second-order valence-corrected chi connectivity index (χ2v) is 12.0. The van der Waals surface area contributed by atoms with E-state index in [0.717, 1.165) is 16.4 Å². The fourth-order valence-electron chi connectivity index (χ4n) is 3.42. The number of hydrogen-bond donors (Lipinski definition) is 2. The highest BCUT2D eigenvalue weighted by molar-refractivity contribution is 7.93. The second-order valence-electron chi connectivity index (χ2n) is 7.99. The highest BCUT2D eigenvalue weighted by Crippen LogP contribution is 2.25. The van der Waals surface area contributed by atoms with Gasteiger partial charge in [0, 0.05) is 16.4 Å². The molecule has 0 bridgehead atoms. The van der Waals surface area contributed by atoms with Crippen LogP contribution in [0.25, 0.3) is 0 Å². The molecule has 8 nitrogen and oxygen atoms in total. The summed E-state index contributed by atoms with van der Waals surface area (Å²) in [6.45, 7) is -0.610. The summed E-state index contributed by atoms with van der Waals surface area (Å²) in [6, 6.07) is 23.7. The fourth-order valence-corrected chi connectivity index (χ4v) is 6.05. The SMILES string of the molecule is O=C(CN(c1ccc(F)cc1)S(=O)(=O)c1ccccc1)Nc1ccc(S(=O)(=O)Nc2ccc(Cl)cc2)cc1. The van der Waals surface area contributed by atoms with Crippen LogP contribution in [0.1, 0.15) is 0 Å². The van der Waals surface area contributed by atoms with Gasteiger partial charge in [-0.2, -0.15) is 0 Å². The maximum atomic E-state index is 13.5. The fraction of sp³-hybridized carbons (Fsp3) is 0.0385. The Kier molecular flexibility index (Phi) is 8.00. The number of sulfonamides is 2. The van der Waals surface area contributed by atoms with Gasteiger partial charge in [-0.15, -0.1) is 0 Å². The molecule has 0 unspecified atom stereocenters. The highest BCUT2D eigenvalue weighted by Gasteiger charge is 2.27. The van der Waals surface area contributed by atoms with Crippen LogP contribution >= 0.6 is 11.6 Å². The Morgan fingerprint density at radius 3 is 1.92 bits per heavy atom. The van der Waals surface area contributed by atoms with Gasteiger partial charge >= 0.3 is 0 Å². The van der Waals surface area contributed by atoms with Gasteiger partial charge < -0.3 is 5.32 Å². The lowest BCUT2D eigenvalue weighted by atomic mass is 10.3. The molecule has 196 valence electrons. The average Bonchev–Trinajstić information content (AvgIpc) is 2.90. The molecule has 0 saturated heterocycles. The maximum absolute atomic E-state index is 13.5. The number of halogens is 2. The monoisotopic (exact) mass is 573 g/mol. The van der Waals surface area contributed by atoms with E-state index < -0.39 is 38.3 Å². The topological polar surface area (TPSA) is 113 Å². The van der Waals surface area contributed by atoms with Crippen LogP contribution in [0.5, 0.6) is 0 Å². The summed E-state index contributed by atoms with van der Waals surface area (Å²) in [7, 11) is -8.06. The quantitative estimate of drug-likeness (QED) is 0.289. The summed E-state index contributed by atoms with van der Waals surface area (Å²) in [6.07, 6.45) is 0. The number of anilines is 3. The van der Waals surface area contributed by atoms with E-state index in [2.05, 4.69) is 10.0 Å². The summed E-state index contributed by atoms with van der Waals surface area (Å²) in [5.74, 6) is -1.25. The van der Waals surface area contributed by atoms with E-state index in [0.29, 0.717) is 10.7 Å². The number of hydrogen-bond acceptors (Lipinski definition) is 5. The van der Waals surface area contributed by atoms with Crippen molar-refractivity contribution in [1.29, 1.82) is 0 Å². The summed E-state index contributed by atoms with van der Waals surface area (Å²) in [4.78, 5) is 12.8. The standard InChI is InChI=1S/C26H21ClFN3O5S2/c27-19-6-10-22(11-7-19)30-37(33,34)24-16-12-21(13-17-24)29-26(32)18-31(23-14-8-20(28)9-15-23)38(35,36)25-4-2-1-3-5-25/h1-17,30H,18H2,(H,29,32). The first kappa shape index (κ1) is 27.1. The van der Waals surface area contributed by atoms with Crippen LogP contribution in [0.15, 0.2) is 113 Å². The van der Waals surface area contributed by atoms with E-state index in [-0.39, 0.29) is 21.2 Å². The van der Waals surface area contributed by atoms with Crippen molar-refractivity contribution >= 4 is 54.6 Å². The molecular formula is C26H21ClFN3O5S2. The third kappa shape index (κ3) is 6.49.